The molecule has 83 heavy (non-hydrogen) atoms. The van der Waals surface area contributed by atoms with Gasteiger partial charge in [-0.2, -0.15) is 0 Å². The number of hydrogen-bond donors (Lipinski definition) is 0. The normalized spacial score (nSPS) is 12.4. The number of aromatic nitrogens is 4. The van der Waals surface area contributed by atoms with Gasteiger partial charge in [-0.25, -0.2) is 9.97 Å². The molecule has 0 spiro atoms. The second-order valence-corrected chi connectivity index (χ2v) is 21.6. The fourth-order valence-electron chi connectivity index (χ4n) is 12.8. The Labute approximate surface area is 477 Å². The molecule has 388 valence electrons. The minimum atomic E-state index is 0.627. The third kappa shape index (κ3) is 7.64. The van der Waals surface area contributed by atoms with Crippen LogP contribution in [0.15, 0.2) is 276 Å². The maximum Gasteiger partial charge on any atom is 0.235 e. The van der Waals surface area contributed by atoms with Gasteiger partial charge in [-0.3, -0.25) is 4.57 Å². The van der Waals surface area contributed by atoms with E-state index in [-0.39, 0.29) is 0 Å². The first-order chi connectivity index (χ1) is 41.1. The maximum absolute atomic E-state index is 6.54. The molecular weight excluding hydrogens is 1010 g/mol. The van der Waals surface area contributed by atoms with Gasteiger partial charge in [0.2, 0.25) is 5.95 Å². The summed E-state index contributed by atoms with van der Waals surface area (Å²) in [6.07, 6.45) is 9.53. The lowest BCUT2D eigenvalue weighted by molar-refractivity contribution is 0.604. The van der Waals surface area contributed by atoms with Crippen LogP contribution in [0.25, 0.3) is 167 Å². The number of nitrogens with zero attached hydrogens (tertiary/aromatic N) is 4. The fraction of sp³-hybridized carbons (Fsp3) is 0.0130. The molecule has 0 radical (unpaired) electrons. The lowest BCUT2D eigenvalue weighted by atomic mass is 9.97. The number of allylic oxidation sites excluding steroid dienone is 2. The van der Waals surface area contributed by atoms with Crippen molar-refractivity contribution in [2.24, 2.45) is 0 Å². The Hall–Kier alpha value is -11.1. The van der Waals surface area contributed by atoms with Crippen molar-refractivity contribution < 1.29 is 8.83 Å². The first-order valence-electron chi connectivity index (χ1n) is 28.3. The Morgan fingerprint density at radius 1 is 0.313 bits per heavy atom. The number of rotatable bonds is 8. The highest BCUT2D eigenvalue weighted by Gasteiger charge is 2.21. The van der Waals surface area contributed by atoms with E-state index in [0.717, 1.165) is 156 Å². The Kier molecular flexibility index (Phi) is 10.6. The van der Waals surface area contributed by atoms with Gasteiger partial charge < -0.3 is 13.4 Å². The number of hydrogen-bond acceptors (Lipinski definition) is 4. The second-order valence-electron chi connectivity index (χ2n) is 21.6. The molecule has 16 aromatic rings. The molecule has 0 atom stereocenters. The Morgan fingerprint density at radius 3 is 1.46 bits per heavy atom. The van der Waals surface area contributed by atoms with Gasteiger partial charge in [-0.15, -0.1) is 0 Å². The molecule has 0 amide bonds. The van der Waals surface area contributed by atoms with E-state index < -0.39 is 0 Å². The molecular formula is C77H48N4O2. The number of furan rings is 2. The first kappa shape index (κ1) is 46.8. The first-order valence-corrected chi connectivity index (χ1v) is 28.3. The summed E-state index contributed by atoms with van der Waals surface area (Å²) >= 11 is 0. The molecule has 0 N–H and O–H groups in total. The van der Waals surface area contributed by atoms with Gasteiger partial charge in [0.1, 0.15) is 22.5 Å². The van der Waals surface area contributed by atoms with Crippen molar-refractivity contribution >= 4 is 88.7 Å². The summed E-state index contributed by atoms with van der Waals surface area (Å²) in [6.45, 7) is 0. The van der Waals surface area contributed by atoms with Crippen LogP contribution >= 0.6 is 0 Å². The zero-order valence-corrected chi connectivity index (χ0v) is 44.9. The summed E-state index contributed by atoms with van der Waals surface area (Å²) in [5.41, 5.74) is 22.0. The predicted molar refractivity (Wildman–Crippen MR) is 343 cm³/mol. The van der Waals surface area contributed by atoms with Gasteiger partial charge in [0.15, 0.2) is 0 Å². The van der Waals surface area contributed by atoms with E-state index in [1.807, 2.05) is 24.3 Å². The Morgan fingerprint density at radius 2 is 0.795 bits per heavy atom. The highest BCUT2D eigenvalue weighted by molar-refractivity contribution is 6.14. The van der Waals surface area contributed by atoms with Crippen LogP contribution in [0, 0.1) is 0 Å². The van der Waals surface area contributed by atoms with Crippen LogP contribution in [0.3, 0.4) is 0 Å². The molecule has 0 fully saturated rings. The average Bonchev–Trinajstić information content (AvgIpc) is 3.22. The van der Waals surface area contributed by atoms with Crippen LogP contribution in [0.5, 0.6) is 0 Å². The molecule has 0 saturated heterocycles. The van der Waals surface area contributed by atoms with Crippen molar-refractivity contribution in [3.63, 3.8) is 0 Å². The SMILES string of the molecule is C1=Cc2oc3c(-c4ccc(-c5ccc6c(c5)c5cc(-c7ccc8c(c7)c7ccccc7n8-c7nc(-c8ccccc8)cc(-c8ccccc8)n7)ccc5n6-c5ccc(-c6cccc7c6oc6ccccc67)cc5)cc4)cccc3c2C=CC1. The molecule has 17 rings (SSSR count). The molecule has 0 unspecified atom stereocenters. The highest BCUT2D eigenvalue weighted by atomic mass is 16.3. The van der Waals surface area contributed by atoms with Crippen LogP contribution in [0.1, 0.15) is 17.7 Å². The zero-order valence-electron chi connectivity index (χ0n) is 44.9. The molecule has 0 saturated carbocycles. The van der Waals surface area contributed by atoms with Crippen molar-refractivity contribution in [3.05, 3.63) is 278 Å². The van der Waals surface area contributed by atoms with Crippen LogP contribution < -0.4 is 0 Å². The lowest BCUT2D eigenvalue weighted by Gasteiger charge is -2.12. The standard InChI is InChI=1S/C77H48N4O2/c1-4-16-51(17-5-1)67-47-68(52-18-6-2-7-19-52)79-77(78-67)81-69-27-12-10-20-59(69)64-45-54(38-43-72(64)81)55-37-42-71-66(46-55)65-44-53(48-30-32-49(33-31-48)57-23-14-25-62-60-21-8-3-9-28-73(60)82-75(57)62)36-41-70(65)80(71)56-39-34-50(35-40-56)58-24-15-26-63-61-22-11-13-29-74(61)83-76(58)63/h1-2,4-47H,3H2. The van der Waals surface area contributed by atoms with E-state index in [1.54, 1.807) is 0 Å². The molecule has 0 aliphatic heterocycles. The number of benzene rings is 11. The smallest absolute Gasteiger partial charge is 0.235 e. The lowest BCUT2D eigenvalue weighted by Crippen LogP contribution is -2.03. The minimum Gasteiger partial charge on any atom is -0.455 e. The zero-order chi connectivity index (χ0) is 54.5. The summed E-state index contributed by atoms with van der Waals surface area (Å²) in [6, 6.07) is 91.2. The van der Waals surface area contributed by atoms with Crippen molar-refractivity contribution in [1.29, 1.82) is 0 Å². The van der Waals surface area contributed by atoms with Crippen LogP contribution in [0.4, 0.5) is 0 Å². The molecule has 11 aromatic carbocycles. The van der Waals surface area contributed by atoms with Gasteiger partial charge >= 0.3 is 0 Å². The van der Waals surface area contributed by atoms with E-state index in [4.69, 9.17) is 18.8 Å². The largest absolute Gasteiger partial charge is 0.455 e. The highest BCUT2D eigenvalue weighted by Crippen LogP contribution is 2.43. The summed E-state index contributed by atoms with van der Waals surface area (Å²) in [5, 5.41) is 7.98. The van der Waals surface area contributed by atoms with E-state index in [0.29, 0.717) is 5.95 Å². The van der Waals surface area contributed by atoms with E-state index >= 15 is 0 Å². The van der Waals surface area contributed by atoms with E-state index in [1.165, 1.54) is 10.8 Å². The quantitative estimate of drug-likeness (QED) is 0.152. The second kappa shape index (κ2) is 18.8. The fourth-order valence-corrected chi connectivity index (χ4v) is 12.8. The van der Waals surface area contributed by atoms with Gasteiger partial charge in [-0.05, 0) is 113 Å². The van der Waals surface area contributed by atoms with Gasteiger partial charge in [0.05, 0.1) is 33.5 Å². The summed E-state index contributed by atoms with van der Waals surface area (Å²) in [4.78, 5) is 10.6. The topological polar surface area (TPSA) is 61.9 Å². The Bertz CT molecular complexity index is 5270. The number of fused-ring (bicyclic) bond motifs is 12. The van der Waals surface area contributed by atoms with Gasteiger partial charge in [-0.1, -0.05) is 206 Å². The number of para-hydroxylation sites is 4. The van der Waals surface area contributed by atoms with Gasteiger partial charge in [0, 0.05) is 71.2 Å². The maximum atomic E-state index is 6.54. The van der Waals surface area contributed by atoms with Crippen molar-refractivity contribution in [3.8, 4) is 78.7 Å². The molecule has 5 heterocycles. The molecule has 1 aliphatic rings. The average molecular weight is 1060 g/mol. The van der Waals surface area contributed by atoms with E-state index in [2.05, 4.69) is 264 Å². The predicted octanol–water partition coefficient (Wildman–Crippen LogP) is 20.7. The Balaban J connectivity index is 0.803. The monoisotopic (exact) mass is 1060 g/mol. The summed E-state index contributed by atoms with van der Waals surface area (Å²) in [5.74, 6) is 1.54. The van der Waals surface area contributed by atoms with E-state index in [9.17, 15) is 0 Å². The minimum absolute atomic E-state index is 0.627. The summed E-state index contributed by atoms with van der Waals surface area (Å²) in [7, 11) is 0. The van der Waals surface area contributed by atoms with Crippen molar-refractivity contribution in [2.45, 2.75) is 6.42 Å². The summed E-state index contributed by atoms with van der Waals surface area (Å²) < 4.78 is 17.7. The van der Waals surface area contributed by atoms with Crippen LogP contribution in [-0.2, 0) is 0 Å². The molecule has 6 nitrogen and oxygen atoms in total. The van der Waals surface area contributed by atoms with Crippen molar-refractivity contribution in [1.82, 2.24) is 19.1 Å². The molecule has 1 aliphatic carbocycles. The van der Waals surface area contributed by atoms with Crippen molar-refractivity contribution in [2.75, 3.05) is 0 Å². The molecule has 6 heteroatoms. The van der Waals surface area contributed by atoms with Crippen LogP contribution in [-0.4, -0.2) is 19.1 Å². The third-order valence-electron chi connectivity index (χ3n) is 16.8. The molecule has 5 aromatic heterocycles. The van der Waals surface area contributed by atoms with Crippen LogP contribution in [0.2, 0.25) is 0 Å². The molecule has 0 bridgehead atoms. The third-order valence-corrected chi connectivity index (χ3v) is 16.8. The van der Waals surface area contributed by atoms with Gasteiger partial charge in [0.25, 0.3) is 0 Å².